The molecule has 1 atom stereocenters. The standard InChI is InChI=1S/C16H23NO4S/c1-3-10-22-11-9-14(15(18)20-2)17-16(19)21-12-13-7-5-4-6-8-13/h4-8,14H,3,9-12H2,1-2H3,(H,17,19)/t14-/m0/s1. The summed E-state index contributed by atoms with van der Waals surface area (Å²) in [7, 11) is 1.31. The van der Waals surface area contributed by atoms with Crippen molar-refractivity contribution < 1.29 is 19.1 Å². The van der Waals surface area contributed by atoms with Crippen LogP contribution in [0.15, 0.2) is 30.3 Å². The second-order valence-corrected chi connectivity index (χ2v) is 5.91. The molecule has 0 aliphatic heterocycles. The summed E-state index contributed by atoms with van der Waals surface area (Å²) in [5.74, 6) is 1.37. The number of benzene rings is 1. The molecule has 0 heterocycles. The van der Waals surface area contributed by atoms with E-state index in [1.165, 1.54) is 7.11 Å². The average molecular weight is 325 g/mol. The minimum absolute atomic E-state index is 0.172. The third-order valence-corrected chi connectivity index (χ3v) is 4.11. The van der Waals surface area contributed by atoms with Crippen LogP contribution in [0.4, 0.5) is 4.79 Å². The number of carbonyl (C=O) groups excluding carboxylic acids is 2. The number of ether oxygens (including phenoxy) is 2. The van der Waals surface area contributed by atoms with Crippen molar-refractivity contribution in [3.05, 3.63) is 35.9 Å². The first-order chi connectivity index (χ1) is 10.7. The monoisotopic (exact) mass is 325 g/mol. The van der Waals surface area contributed by atoms with Crippen molar-refractivity contribution in [2.45, 2.75) is 32.4 Å². The Kier molecular flexibility index (Phi) is 9.14. The second-order valence-electron chi connectivity index (χ2n) is 4.68. The van der Waals surface area contributed by atoms with Gasteiger partial charge in [-0.15, -0.1) is 0 Å². The largest absolute Gasteiger partial charge is 0.467 e. The highest BCUT2D eigenvalue weighted by Crippen LogP contribution is 2.08. The van der Waals surface area contributed by atoms with Crippen molar-refractivity contribution in [1.82, 2.24) is 5.32 Å². The lowest BCUT2D eigenvalue weighted by molar-refractivity contribution is -0.143. The second kappa shape index (κ2) is 11.0. The molecule has 122 valence electrons. The Morgan fingerprint density at radius 3 is 2.59 bits per heavy atom. The number of thioether (sulfide) groups is 1. The topological polar surface area (TPSA) is 64.6 Å². The number of amides is 1. The molecule has 1 amide bonds. The van der Waals surface area contributed by atoms with Crippen LogP contribution in [-0.4, -0.2) is 36.7 Å². The van der Waals surface area contributed by atoms with Crippen LogP contribution in [0.3, 0.4) is 0 Å². The number of hydrogen-bond donors (Lipinski definition) is 1. The van der Waals surface area contributed by atoms with Crippen LogP contribution < -0.4 is 5.32 Å². The third kappa shape index (κ3) is 7.36. The van der Waals surface area contributed by atoms with Crippen molar-refractivity contribution in [2.75, 3.05) is 18.6 Å². The zero-order chi connectivity index (χ0) is 16.2. The Labute approximate surface area is 135 Å². The van der Waals surface area contributed by atoms with Crippen LogP contribution in [0, 0.1) is 0 Å². The molecule has 0 spiro atoms. The van der Waals surface area contributed by atoms with Gasteiger partial charge in [-0.1, -0.05) is 37.3 Å². The number of alkyl carbamates (subject to hydrolysis) is 1. The highest BCUT2D eigenvalue weighted by Gasteiger charge is 2.21. The van der Waals surface area contributed by atoms with E-state index in [-0.39, 0.29) is 6.61 Å². The van der Waals surface area contributed by atoms with Crippen molar-refractivity contribution in [3.63, 3.8) is 0 Å². The first-order valence-corrected chi connectivity index (χ1v) is 8.45. The molecule has 0 fully saturated rings. The molecule has 1 aromatic carbocycles. The molecule has 0 aromatic heterocycles. The molecule has 0 bridgehead atoms. The fraction of sp³-hybridized carbons (Fsp3) is 0.500. The summed E-state index contributed by atoms with van der Waals surface area (Å²) in [6.45, 7) is 2.27. The number of hydrogen-bond acceptors (Lipinski definition) is 5. The van der Waals surface area contributed by atoms with Gasteiger partial charge in [0.25, 0.3) is 0 Å². The summed E-state index contributed by atoms with van der Waals surface area (Å²) < 4.78 is 9.83. The quantitative estimate of drug-likeness (QED) is 0.558. The smallest absolute Gasteiger partial charge is 0.408 e. The fourth-order valence-corrected chi connectivity index (χ4v) is 2.64. The van der Waals surface area contributed by atoms with Gasteiger partial charge in [0.05, 0.1) is 7.11 Å². The van der Waals surface area contributed by atoms with E-state index in [1.54, 1.807) is 11.8 Å². The Bertz CT molecular complexity index is 453. The van der Waals surface area contributed by atoms with Crippen molar-refractivity contribution >= 4 is 23.8 Å². The van der Waals surface area contributed by atoms with Gasteiger partial charge in [0.2, 0.25) is 0 Å². The zero-order valence-corrected chi connectivity index (χ0v) is 13.9. The molecule has 0 aliphatic rings. The lowest BCUT2D eigenvalue weighted by Gasteiger charge is -2.16. The lowest BCUT2D eigenvalue weighted by Crippen LogP contribution is -2.42. The third-order valence-electron chi connectivity index (χ3n) is 2.89. The highest BCUT2D eigenvalue weighted by atomic mass is 32.2. The van der Waals surface area contributed by atoms with Gasteiger partial charge >= 0.3 is 12.1 Å². The number of esters is 1. The molecule has 22 heavy (non-hydrogen) atoms. The van der Waals surface area contributed by atoms with Gasteiger partial charge in [-0.3, -0.25) is 0 Å². The van der Waals surface area contributed by atoms with E-state index in [0.29, 0.717) is 6.42 Å². The number of methoxy groups -OCH3 is 1. The average Bonchev–Trinajstić information content (AvgIpc) is 2.56. The molecule has 5 nitrogen and oxygen atoms in total. The van der Waals surface area contributed by atoms with Gasteiger partial charge in [0.1, 0.15) is 12.6 Å². The summed E-state index contributed by atoms with van der Waals surface area (Å²) in [5, 5.41) is 2.57. The van der Waals surface area contributed by atoms with Crippen LogP contribution in [0.1, 0.15) is 25.3 Å². The summed E-state index contributed by atoms with van der Waals surface area (Å²) in [6.07, 6.45) is 0.998. The predicted molar refractivity (Wildman–Crippen MR) is 87.8 cm³/mol. The molecule has 0 radical (unpaired) electrons. The van der Waals surface area contributed by atoms with Gasteiger partial charge in [0.15, 0.2) is 0 Å². The first-order valence-electron chi connectivity index (χ1n) is 7.30. The van der Waals surface area contributed by atoms with Crippen LogP contribution in [0.5, 0.6) is 0 Å². The van der Waals surface area contributed by atoms with Gasteiger partial charge in [-0.05, 0) is 29.9 Å². The Morgan fingerprint density at radius 1 is 1.23 bits per heavy atom. The summed E-state index contributed by atoms with van der Waals surface area (Å²) in [4.78, 5) is 23.5. The van der Waals surface area contributed by atoms with E-state index >= 15 is 0 Å². The Balaban J connectivity index is 2.39. The predicted octanol–water partition coefficient (Wildman–Crippen LogP) is 2.99. The number of nitrogens with one attached hydrogen (secondary N) is 1. The van der Waals surface area contributed by atoms with E-state index < -0.39 is 18.1 Å². The molecule has 1 N–H and O–H groups in total. The Hall–Kier alpha value is -1.69. The van der Waals surface area contributed by atoms with Crippen LogP contribution in [0.2, 0.25) is 0 Å². The van der Waals surface area contributed by atoms with E-state index in [9.17, 15) is 9.59 Å². The first kappa shape index (κ1) is 18.4. The zero-order valence-electron chi connectivity index (χ0n) is 13.0. The molecule has 1 rings (SSSR count). The van der Waals surface area contributed by atoms with Crippen LogP contribution >= 0.6 is 11.8 Å². The molecular weight excluding hydrogens is 302 g/mol. The highest BCUT2D eigenvalue weighted by molar-refractivity contribution is 7.99. The number of rotatable bonds is 9. The maximum absolute atomic E-state index is 11.8. The molecule has 1 aromatic rings. The minimum atomic E-state index is -0.669. The molecule has 0 saturated heterocycles. The van der Waals surface area contributed by atoms with Gasteiger partial charge < -0.3 is 14.8 Å². The maximum Gasteiger partial charge on any atom is 0.408 e. The van der Waals surface area contributed by atoms with Crippen LogP contribution in [-0.2, 0) is 20.9 Å². The molecule has 0 aliphatic carbocycles. The lowest BCUT2D eigenvalue weighted by atomic mass is 10.2. The molecule has 0 saturated carbocycles. The van der Waals surface area contributed by atoms with E-state index in [0.717, 1.165) is 23.5 Å². The van der Waals surface area contributed by atoms with E-state index in [1.807, 2.05) is 30.3 Å². The molecule has 6 heteroatoms. The summed E-state index contributed by atoms with van der Waals surface area (Å²) in [6, 6.07) is 8.71. The van der Waals surface area contributed by atoms with Gasteiger partial charge in [0, 0.05) is 0 Å². The van der Waals surface area contributed by atoms with E-state index in [4.69, 9.17) is 9.47 Å². The number of carbonyl (C=O) groups is 2. The van der Waals surface area contributed by atoms with Crippen LogP contribution in [0.25, 0.3) is 0 Å². The fourth-order valence-electron chi connectivity index (χ4n) is 1.75. The maximum atomic E-state index is 11.8. The van der Waals surface area contributed by atoms with Crippen molar-refractivity contribution in [1.29, 1.82) is 0 Å². The van der Waals surface area contributed by atoms with Gasteiger partial charge in [-0.2, -0.15) is 11.8 Å². The minimum Gasteiger partial charge on any atom is -0.467 e. The van der Waals surface area contributed by atoms with Crippen molar-refractivity contribution in [3.8, 4) is 0 Å². The SMILES string of the molecule is CCCSCC[C@H](NC(=O)OCc1ccccc1)C(=O)OC. The normalized spacial score (nSPS) is 11.5. The molecular formula is C16H23NO4S. The van der Waals surface area contributed by atoms with Gasteiger partial charge in [-0.25, -0.2) is 9.59 Å². The van der Waals surface area contributed by atoms with Crippen molar-refractivity contribution in [2.24, 2.45) is 0 Å². The summed E-state index contributed by atoms with van der Waals surface area (Å²) in [5.41, 5.74) is 0.894. The Morgan fingerprint density at radius 2 is 1.95 bits per heavy atom. The molecule has 0 unspecified atom stereocenters. The van der Waals surface area contributed by atoms with E-state index in [2.05, 4.69) is 12.2 Å². The summed E-state index contributed by atoms with van der Waals surface area (Å²) >= 11 is 1.75.